The number of benzene rings is 1. The molecule has 2 atom stereocenters. The fourth-order valence-electron chi connectivity index (χ4n) is 5.62. The number of hydrogen-bond donors (Lipinski definition) is 2. The number of carbonyl (C=O) groups is 2. The van der Waals surface area contributed by atoms with Gasteiger partial charge in [0, 0.05) is 13.0 Å². The Morgan fingerprint density at radius 3 is 2.55 bits per heavy atom. The minimum absolute atomic E-state index is 0.0796. The predicted molar refractivity (Wildman–Crippen MR) is 111 cm³/mol. The van der Waals surface area contributed by atoms with E-state index in [0.29, 0.717) is 25.5 Å². The van der Waals surface area contributed by atoms with Gasteiger partial charge in [-0.05, 0) is 62.8 Å². The van der Waals surface area contributed by atoms with Gasteiger partial charge in [0.15, 0.2) is 0 Å². The van der Waals surface area contributed by atoms with Gasteiger partial charge in [0.2, 0.25) is 5.91 Å². The second kappa shape index (κ2) is 8.74. The molecule has 3 aliphatic rings. The molecule has 2 heterocycles. The first-order chi connectivity index (χ1) is 14.1. The summed E-state index contributed by atoms with van der Waals surface area (Å²) >= 11 is 0. The van der Waals surface area contributed by atoms with Crippen LogP contribution in [0.15, 0.2) is 30.3 Å². The van der Waals surface area contributed by atoms with Crippen molar-refractivity contribution >= 4 is 11.9 Å². The Bertz CT molecular complexity index is 713. The number of ether oxygens (including phenoxy) is 1. The van der Waals surface area contributed by atoms with Gasteiger partial charge in [-0.2, -0.15) is 0 Å². The zero-order valence-corrected chi connectivity index (χ0v) is 17.1. The summed E-state index contributed by atoms with van der Waals surface area (Å²) in [7, 11) is 0. The monoisotopic (exact) mass is 399 g/mol. The molecule has 0 unspecified atom stereocenters. The standard InChI is InChI=1S/C23H33N3O3/c24-22(28)26-15-5-14-23(13-4-8-21(27)25-23)20(26)16-29-19-11-9-18(10-12-19)17-6-2-1-3-7-17/h1-3,6-7,18-20H,4-5,8-16H2,(H2,24,28)(H,25,27)/t18?,19?,20-,23+/m1/s1. The van der Waals surface area contributed by atoms with E-state index < -0.39 is 6.03 Å². The quantitative estimate of drug-likeness (QED) is 0.815. The van der Waals surface area contributed by atoms with E-state index in [1.165, 1.54) is 5.56 Å². The fraction of sp³-hybridized carbons (Fsp3) is 0.652. The number of piperidine rings is 2. The van der Waals surface area contributed by atoms with Crippen LogP contribution < -0.4 is 11.1 Å². The minimum Gasteiger partial charge on any atom is -0.376 e. The average Bonchev–Trinajstić information content (AvgIpc) is 2.73. The van der Waals surface area contributed by atoms with Crippen molar-refractivity contribution in [2.45, 2.75) is 81.4 Å². The van der Waals surface area contributed by atoms with Crippen molar-refractivity contribution < 1.29 is 14.3 Å². The van der Waals surface area contributed by atoms with E-state index in [-0.39, 0.29) is 23.6 Å². The molecule has 3 fully saturated rings. The smallest absolute Gasteiger partial charge is 0.315 e. The van der Waals surface area contributed by atoms with Crippen molar-refractivity contribution in [3.05, 3.63) is 35.9 Å². The maximum Gasteiger partial charge on any atom is 0.315 e. The highest BCUT2D eigenvalue weighted by atomic mass is 16.5. The zero-order chi connectivity index (χ0) is 20.3. The lowest BCUT2D eigenvalue weighted by atomic mass is 9.75. The van der Waals surface area contributed by atoms with Gasteiger partial charge in [0.25, 0.3) is 0 Å². The summed E-state index contributed by atoms with van der Waals surface area (Å²) < 4.78 is 6.35. The van der Waals surface area contributed by atoms with Crippen molar-refractivity contribution in [1.82, 2.24) is 10.2 Å². The number of urea groups is 1. The summed E-state index contributed by atoms with van der Waals surface area (Å²) in [6.07, 6.45) is 8.58. The third-order valence-electron chi connectivity index (χ3n) is 7.17. The van der Waals surface area contributed by atoms with E-state index in [1.54, 1.807) is 4.90 Å². The molecule has 6 nitrogen and oxygen atoms in total. The van der Waals surface area contributed by atoms with Gasteiger partial charge in [0.05, 0.1) is 24.3 Å². The van der Waals surface area contributed by atoms with Crippen LogP contribution in [0.3, 0.4) is 0 Å². The molecule has 1 aromatic carbocycles. The van der Waals surface area contributed by atoms with Gasteiger partial charge in [-0.15, -0.1) is 0 Å². The number of carbonyl (C=O) groups excluding carboxylic acids is 2. The summed E-state index contributed by atoms with van der Waals surface area (Å²) in [4.78, 5) is 26.0. The summed E-state index contributed by atoms with van der Waals surface area (Å²) in [5, 5.41) is 3.21. The summed E-state index contributed by atoms with van der Waals surface area (Å²) in [5.74, 6) is 0.688. The summed E-state index contributed by atoms with van der Waals surface area (Å²) in [6.45, 7) is 1.09. The van der Waals surface area contributed by atoms with Crippen LogP contribution in [0, 0.1) is 0 Å². The highest BCUT2D eigenvalue weighted by Gasteiger charge is 2.48. The van der Waals surface area contributed by atoms with Crippen LogP contribution in [-0.4, -0.2) is 47.7 Å². The number of nitrogens with two attached hydrogens (primary N) is 1. The number of rotatable bonds is 4. The molecular formula is C23H33N3O3. The molecule has 3 N–H and O–H groups in total. The highest BCUT2D eigenvalue weighted by Crippen LogP contribution is 2.37. The van der Waals surface area contributed by atoms with Crippen molar-refractivity contribution in [3.63, 3.8) is 0 Å². The molecule has 1 aromatic rings. The van der Waals surface area contributed by atoms with Crippen molar-refractivity contribution in [3.8, 4) is 0 Å². The Kier molecular flexibility index (Phi) is 6.09. The topological polar surface area (TPSA) is 84.7 Å². The third kappa shape index (κ3) is 4.42. The molecule has 6 heteroatoms. The Morgan fingerprint density at radius 2 is 1.86 bits per heavy atom. The number of likely N-dealkylation sites (tertiary alicyclic amines) is 1. The molecule has 4 rings (SSSR count). The Morgan fingerprint density at radius 1 is 1.14 bits per heavy atom. The fourth-order valence-corrected chi connectivity index (χ4v) is 5.62. The van der Waals surface area contributed by atoms with Gasteiger partial charge in [-0.3, -0.25) is 4.79 Å². The molecule has 3 amide bonds. The lowest BCUT2D eigenvalue weighted by Gasteiger charge is -2.51. The minimum atomic E-state index is -0.412. The SMILES string of the molecule is NC(=O)N1CCC[C@@]2(CCCC(=O)N2)[C@H]1COC1CCC(c2ccccc2)CC1. The molecule has 29 heavy (non-hydrogen) atoms. The maximum atomic E-state index is 12.1. The molecule has 0 bridgehead atoms. The number of primary amides is 1. The first-order valence-corrected chi connectivity index (χ1v) is 11.1. The van der Waals surface area contributed by atoms with E-state index >= 15 is 0 Å². The van der Waals surface area contributed by atoms with Crippen LogP contribution in [0.4, 0.5) is 4.79 Å². The van der Waals surface area contributed by atoms with Gasteiger partial charge in [-0.1, -0.05) is 30.3 Å². The van der Waals surface area contributed by atoms with Crippen molar-refractivity contribution in [2.24, 2.45) is 5.73 Å². The molecule has 0 aromatic heterocycles. The Balaban J connectivity index is 1.38. The number of hydrogen-bond acceptors (Lipinski definition) is 3. The second-order valence-electron chi connectivity index (χ2n) is 8.93. The van der Waals surface area contributed by atoms with Crippen molar-refractivity contribution in [1.29, 1.82) is 0 Å². The molecule has 158 valence electrons. The van der Waals surface area contributed by atoms with Crippen LogP contribution in [0.25, 0.3) is 0 Å². The predicted octanol–water partition coefficient (Wildman–Crippen LogP) is 3.31. The first kappa shape index (κ1) is 20.2. The molecular weight excluding hydrogens is 366 g/mol. The number of amides is 3. The van der Waals surface area contributed by atoms with Gasteiger partial charge >= 0.3 is 6.03 Å². The number of nitrogens with one attached hydrogen (secondary N) is 1. The van der Waals surface area contributed by atoms with Crippen LogP contribution in [0.5, 0.6) is 0 Å². The third-order valence-corrected chi connectivity index (χ3v) is 7.17. The highest BCUT2D eigenvalue weighted by molar-refractivity contribution is 5.78. The van der Waals surface area contributed by atoms with E-state index in [4.69, 9.17) is 10.5 Å². The van der Waals surface area contributed by atoms with Crippen LogP contribution in [0.2, 0.25) is 0 Å². The van der Waals surface area contributed by atoms with Gasteiger partial charge in [-0.25, -0.2) is 4.79 Å². The lowest BCUT2D eigenvalue weighted by molar-refractivity contribution is -0.129. The normalized spacial score (nSPS) is 32.8. The van der Waals surface area contributed by atoms with E-state index in [0.717, 1.165) is 51.4 Å². The Labute approximate surface area is 173 Å². The molecule has 2 aliphatic heterocycles. The Hall–Kier alpha value is -2.08. The molecule has 1 saturated carbocycles. The first-order valence-electron chi connectivity index (χ1n) is 11.1. The van der Waals surface area contributed by atoms with Crippen LogP contribution in [0.1, 0.15) is 69.3 Å². The largest absolute Gasteiger partial charge is 0.376 e. The van der Waals surface area contributed by atoms with Gasteiger partial charge < -0.3 is 20.7 Å². The molecule has 2 saturated heterocycles. The number of nitrogens with zero attached hydrogens (tertiary/aromatic N) is 1. The lowest BCUT2D eigenvalue weighted by Crippen LogP contribution is -2.69. The molecule has 1 aliphatic carbocycles. The second-order valence-corrected chi connectivity index (χ2v) is 8.93. The summed E-state index contributed by atoms with van der Waals surface area (Å²) in [6, 6.07) is 10.1. The zero-order valence-electron chi connectivity index (χ0n) is 17.1. The van der Waals surface area contributed by atoms with E-state index in [9.17, 15) is 9.59 Å². The molecule has 0 radical (unpaired) electrons. The van der Waals surface area contributed by atoms with Gasteiger partial charge in [0.1, 0.15) is 0 Å². The maximum absolute atomic E-state index is 12.1. The molecule has 1 spiro atoms. The average molecular weight is 400 g/mol. The van der Waals surface area contributed by atoms with E-state index in [2.05, 4.69) is 35.6 Å². The van der Waals surface area contributed by atoms with E-state index in [1.807, 2.05) is 0 Å². The van der Waals surface area contributed by atoms with Crippen LogP contribution >= 0.6 is 0 Å². The van der Waals surface area contributed by atoms with Crippen LogP contribution in [-0.2, 0) is 9.53 Å². The van der Waals surface area contributed by atoms with Crippen molar-refractivity contribution in [2.75, 3.05) is 13.2 Å². The summed E-state index contributed by atoms with van der Waals surface area (Å²) in [5.41, 5.74) is 6.73.